The molecule has 0 amide bonds. The van der Waals surface area contributed by atoms with Crippen LogP contribution in [0.2, 0.25) is 0 Å². The highest BCUT2D eigenvalue weighted by Gasteiger charge is 2.43. The van der Waals surface area contributed by atoms with E-state index in [1.54, 1.807) is 0 Å². The quantitative estimate of drug-likeness (QED) is 0.192. The highest BCUT2D eigenvalue weighted by atomic mass is 16.4. The SMILES string of the molecule is c1ccc(-c2cc3c4c(c2)N(c2ccc5ccccc5c2)c2cc5ccccc5cc2B4Oc2c-3ccc3ccccc23)cc1. The van der Waals surface area contributed by atoms with Gasteiger partial charge in [0.25, 0.3) is 0 Å². The van der Waals surface area contributed by atoms with Gasteiger partial charge in [0.05, 0.1) is 0 Å². The maximum atomic E-state index is 7.20. The van der Waals surface area contributed by atoms with E-state index in [0.717, 1.165) is 33.8 Å². The summed E-state index contributed by atoms with van der Waals surface area (Å²) in [5.41, 5.74) is 10.6. The lowest BCUT2D eigenvalue weighted by Crippen LogP contribution is -2.56. The Morgan fingerprint density at radius 3 is 1.93 bits per heavy atom. The molecule has 0 unspecified atom stereocenters. The Bertz CT molecular complexity index is 2490. The molecule has 0 radical (unpaired) electrons. The normalized spacial score (nSPS) is 13.0. The average Bonchev–Trinajstić information content (AvgIpc) is 3.11. The minimum Gasteiger partial charge on any atom is -0.550 e. The molecule has 45 heavy (non-hydrogen) atoms. The summed E-state index contributed by atoms with van der Waals surface area (Å²) in [4.78, 5) is 2.46. The fourth-order valence-corrected chi connectivity index (χ4v) is 7.47. The van der Waals surface area contributed by atoms with Crippen molar-refractivity contribution >= 4 is 67.2 Å². The summed E-state index contributed by atoms with van der Waals surface area (Å²) < 4.78 is 7.20. The fourth-order valence-electron chi connectivity index (χ4n) is 7.47. The Balaban J connectivity index is 1.34. The first-order valence-electron chi connectivity index (χ1n) is 15.5. The van der Waals surface area contributed by atoms with E-state index in [2.05, 4.69) is 163 Å². The molecule has 2 aliphatic rings. The molecule has 0 saturated heterocycles. The van der Waals surface area contributed by atoms with Crippen LogP contribution in [-0.4, -0.2) is 6.92 Å². The van der Waals surface area contributed by atoms with E-state index in [1.807, 2.05) is 0 Å². The molecule has 2 aliphatic heterocycles. The Morgan fingerprint density at radius 1 is 0.444 bits per heavy atom. The van der Waals surface area contributed by atoms with Crippen LogP contribution in [0.1, 0.15) is 0 Å². The molecule has 0 bridgehead atoms. The zero-order chi connectivity index (χ0) is 29.5. The molecule has 2 heterocycles. The van der Waals surface area contributed by atoms with Crippen molar-refractivity contribution in [2.45, 2.75) is 0 Å². The van der Waals surface area contributed by atoms with Crippen LogP contribution in [0.5, 0.6) is 5.75 Å². The number of hydrogen-bond donors (Lipinski definition) is 0. The number of hydrogen-bond acceptors (Lipinski definition) is 2. The molecule has 2 nitrogen and oxygen atoms in total. The van der Waals surface area contributed by atoms with Crippen molar-refractivity contribution in [1.29, 1.82) is 0 Å². The van der Waals surface area contributed by atoms with Crippen molar-refractivity contribution < 1.29 is 4.65 Å². The van der Waals surface area contributed by atoms with Gasteiger partial charge in [0.2, 0.25) is 0 Å². The van der Waals surface area contributed by atoms with Gasteiger partial charge in [0.15, 0.2) is 0 Å². The van der Waals surface area contributed by atoms with E-state index in [4.69, 9.17) is 4.65 Å². The Morgan fingerprint density at radius 2 is 1.11 bits per heavy atom. The van der Waals surface area contributed by atoms with E-state index >= 15 is 0 Å². The molecule has 8 aromatic rings. The van der Waals surface area contributed by atoms with Gasteiger partial charge >= 0.3 is 6.92 Å². The molecule has 208 valence electrons. The number of benzene rings is 8. The highest BCUT2D eigenvalue weighted by Crippen LogP contribution is 2.47. The van der Waals surface area contributed by atoms with E-state index in [1.165, 1.54) is 54.5 Å². The van der Waals surface area contributed by atoms with Crippen LogP contribution < -0.4 is 20.5 Å². The minimum absolute atomic E-state index is 0.241. The van der Waals surface area contributed by atoms with Crippen LogP contribution in [-0.2, 0) is 0 Å². The Hall–Kier alpha value is -5.80. The summed E-state index contributed by atoms with van der Waals surface area (Å²) >= 11 is 0. The van der Waals surface area contributed by atoms with Gasteiger partial charge < -0.3 is 9.55 Å². The fraction of sp³-hybridized carbons (Fsp3) is 0. The van der Waals surface area contributed by atoms with Gasteiger partial charge in [-0.05, 0) is 79.4 Å². The molecule has 0 aromatic heterocycles. The number of nitrogens with zero attached hydrogens (tertiary/aromatic N) is 1. The molecule has 0 saturated carbocycles. The smallest absolute Gasteiger partial charge is 0.431 e. The van der Waals surface area contributed by atoms with Crippen LogP contribution in [0.4, 0.5) is 17.1 Å². The molecule has 3 heteroatoms. The van der Waals surface area contributed by atoms with Crippen molar-refractivity contribution in [3.8, 4) is 28.0 Å². The van der Waals surface area contributed by atoms with E-state index < -0.39 is 0 Å². The predicted octanol–water partition coefficient (Wildman–Crippen LogP) is 9.76. The second-order valence-electron chi connectivity index (χ2n) is 12.1. The summed E-state index contributed by atoms with van der Waals surface area (Å²) in [6, 6.07) is 57.3. The summed E-state index contributed by atoms with van der Waals surface area (Å²) in [6.07, 6.45) is 0. The van der Waals surface area contributed by atoms with Crippen molar-refractivity contribution in [1.82, 2.24) is 0 Å². The van der Waals surface area contributed by atoms with Crippen LogP contribution in [0.15, 0.2) is 158 Å². The first-order chi connectivity index (χ1) is 22.3. The second kappa shape index (κ2) is 9.35. The lowest BCUT2D eigenvalue weighted by Gasteiger charge is -2.40. The third-order valence-electron chi connectivity index (χ3n) is 9.58. The monoisotopic (exact) mass is 571 g/mol. The molecule has 0 fully saturated rings. The molecule has 0 N–H and O–H groups in total. The van der Waals surface area contributed by atoms with Gasteiger partial charge in [-0.25, -0.2) is 0 Å². The van der Waals surface area contributed by atoms with Gasteiger partial charge in [-0.15, -0.1) is 0 Å². The maximum Gasteiger partial charge on any atom is 0.431 e. The van der Waals surface area contributed by atoms with E-state index in [0.29, 0.717) is 0 Å². The van der Waals surface area contributed by atoms with Crippen LogP contribution >= 0.6 is 0 Å². The summed E-state index contributed by atoms with van der Waals surface area (Å²) in [7, 11) is 0. The number of anilines is 3. The van der Waals surface area contributed by atoms with Gasteiger partial charge in [-0.1, -0.05) is 127 Å². The summed E-state index contributed by atoms with van der Waals surface area (Å²) in [6.45, 7) is -0.241. The molecule has 0 spiro atoms. The van der Waals surface area contributed by atoms with Crippen LogP contribution in [0.3, 0.4) is 0 Å². The zero-order valence-electron chi connectivity index (χ0n) is 24.4. The largest absolute Gasteiger partial charge is 0.550 e. The third-order valence-corrected chi connectivity index (χ3v) is 9.58. The van der Waals surface area contributed by atoms with Crippen molar-refractivity contribution in [2.24, 2.45) is 0 Å². The van der Waals surface area contributed by atoms with E-state index in [-0.39, 0.29) is 6.92 Å². The molecule has 8 aromatic carbocycles. The van der Waals surface area contributed by atoms with Crippen molar-refractivity contribution in [3.05, 3.63) is 158 Å². The van der Waals surface area contributed by atoms with Crippen LogP contribution in [0.25, 0.3) is 54.6 Å². The lowest BCUT2D eigenvalue weighted by atomic mass is 9.49. The Kier molecular flexibility index (Phi) is 5.12. The second-order valence-corrected chi connectivity index (χ2v) is 12.1. The van der Waals surface area contributed by atoms with Crippen LogP contribution in [0, 0.1) is 0 Å². The van der Waals surface area contributed by atoms with E-state index in [9.17, 15) is 0 Å². The molecule has 10 rings (SSSR count). The zero-order valence-corrected chi connectivity index (χ0v) is 24.4. The third kappa shape index (κ3) is 3.65. The first-order valence-corrected chi connectivity index (χ1v) is 15.5. The van der Waals surface area contributed by atoms with Crippen molar-refractivity contribution in [2.75, 3.05) is 4.90 Å². The highest BCUT2D eigenvalue weighted by molar-refractivity contribution is 6.86. The molecule has 0 aliphatic carbocycles. The summed E-state index contributed by atoms with van der Waals surface area (Å²) in [5.74, 6) is 0.958. The van der Waals surface area contributed by atoms with Gasteiger partial charge in [0.1, 0.15) is 5.75 Å². The topological polar surface area (TPSA) is 12.5 Å². The maximum absolute atomic E-state index is 7.20. The average molecular weight is 571 g/mol. The molecule has 0 atom stereocenters. The van der Waals surface area contributed by atoms with Gasteiger partial charge in [-0.2, -0.15) is 0 Å². The Labute approximate surface area is 261 Å². The number of fused-ring (bicyclic) bond motifs is 8. The number of rotatable bonds is 2. The molecular weight excluding hydrogens is 545 g/mol. The predicted molar refractivity (Wildman–Crippen MR) is 190 cm³/mol. The van der Waals surface area contributed by atoms with Gasteiger partial charge in [-0.3, -0.25) is 0 Å². The van der Waals surface area contributed by atoms with Gasteiger partial charge in [0, 0.05) is 33.5 Å². The molecular formula is C42H26BNO. The van der Waals surface area contributed by atoms with Crippen molar-refractivity contribution in [3.63, 3.8) is 0 Å². The first kappa shape index (κ1) is 24.6. The summed E-state index contributed by atoms with van der Waals surface area (Å²) in [5, 5.41) is 7.22. The lowest BCUT2D eigenvalue weighted by molar-refractivity contribution is 0.597. The standard InChI is InChI=1S/C42H26BNO/c1-2-10-27(11-3-1)33-23-37-36-21-19-29-13-8-9-17-35(29)42(36)45-43-38-24-31-15-6-7-16-32(31)25-39(38)44(40(26-33)41(37)43)34-20-18-28-12-4-5-14-30(28)22-34/h1-26H. The minimum atomic E-state index is -0.241.